The summed E-state index contributed by atoms with van der Waals surface area (Å²) in [6, 6.07) is 0. The average Bonchev–Trinajstić information content (AvgIpc) is 2.29. The smallest absolute Gasteiger partial charge is 0.328 e. The molecule has 1 aromatic rings. The molecule has 1 N–H and O–H groups in total. The maximum atomic E-state index is 10.2. The number of hydrogen-bond acceptors (Lipinski definition) is 2. The summed E-state index contributed by atoms with van der Waals surface area (Å²) in [5.41, 5.74) is 0.495. The van der Waals surface area contributed by atoms with Crippen LogP contribution < -0.4 is 0 Å². The van der Waals surface area contributed by atoms with Crippen molar-refractivity contribution in [3.8, 4) is 0 Å². The Morgan fingerprint density at radius 1 is 1.77 bits per heavy atom. The molecule has 13 heavy (non-hydrogen) atoms. The van der Waals surface area contributed by atoms with Gasteiger partial charge in [-0.3, -0.25) is 4.68 Å². The van der Waals surface area contributed by atoms with E-state index in [1.807, 2.05) is 0 Å². The van der Waals surface area contributed by atoms with Crippen molar-refractivity contribution in [1.82, 2.24) is 9.78 Å². The second-order valence-electron chi connectivity index (χ2n) is 2.29. The quantitative estimate of drug-likeness (QED) is 0.831. The standard InChI is InChI=1S/C7H6BrClN2O2/c1-11-7(9)6(8)4(10-11)2-3-5(12)13/h2-3H,1H3,(H,12,13)/b3-2+. The van der Waals surface area contributed by atoms with Crippen LogP contribution in [0.1, 0.15) is 5.69 Å². The van der Waals surface area contributed by atoms with Gasteiger partial charge in [0, 0.05) is 13.1 Å². The van der Waals surface area contributed by atoms with Crippen LogP contribution in [0, 0.1) is 0 Å². The summed E-state index contributed by atoms with van der Waals surface area (Å²) < 4.78 is 2.04. The molecule has 0 aromatic carbocycles. The summed E-state index contributed by atoms with van der Waals surface area (Å²) in [6.45, 7) is 0. The summed E-state index contributed by atoms with van der Waals surface area (Å²) in [6.07, 6.45) is 2.38. The van der Waals surface area contributed by atoms with Gasteiger partial charge in [-0.05, 0) is 22.0 Å². The summed E-state index contributed by atoms with van der Waals surface area (Å²) in [7, 11) is 1.67. The highest BCUT2D eigenvalue weighted by atomic mass is 79.9. The topological polar surface area (TPSA) is 55.1 Å². The molecule has 0 saturated carbocycles. The lowest BCUT2D eigenvalue weighted by Crippen LogP contribution is -1.90. The van der Waals surface area contributed by atoms with Crippen molar-refractivity contribution in [3.63, 3.8) is 0 Å². The highest BCUT2D eigenvalue weighted by molar-refractivity contribution is 9.10. The molecule has 4 nitrogen and oxygen atoms in total. The van der Waals surface area contributed by atoms with Crippen molar-refractivity contribution >= 4 is 39.6 Å². The van der Waals surface area contributed by atoms with Crippen LogP contribution in [0.3, 0.4) is 0 Å². The van der Waals surface area contributed by atoms with Crippen LogP contribution in [0.25, 0.3) is 6.08 Å². The Hall–Kier alpha value is -0.810. The number of carbonyl (C=O) groups is 1. The van der Waals surface area contributed by atoms with Crippen LogP contribution in [-0.4, -0.2) is 20.9 Å². The first kappa shape index (κ1) is 10.3. The number of carboxylic acids is 1. The lowest BCUT2D eigenvalue weighted by molar-refractivity contribution is -0.131. The first-order valence-electron chi connectivity index (χ1n) is 3.31. The molecule has 0 unspecified atom stereocenters. The van der Waals surface area contributed by atoms with E-state index in [9.17, 15) is 4.79 Å². The molecule has 0 bridgehead atoms. The van der Waals surface area contributed by atoms with Gasteiger partial charge in [0.25, 0.3) is 0 Å². The number of aryl methyl sites for hydroxylation is 1. The Morgan fingerprint density at radius 3 is 2.77 bits per heavy atom. The Kier molecular flexibility index (Phi) is 3.11. The van der Waals surface area contributed by atoms with E-state index in [0.29, 0.717) is 15.3 Å². The number of aromatic nitrogens is 2. The number of nitrogens with zero attached hydrogens (tertiary/aromatic N) is 2. The number of rotatable bonds is 2. The van der Waals surface area contributed by atoms with Crippen molar-refractivity contribution in [3.05, 3.63) is 21.4 Å². The van der Waals surface area contributed by atoms with E-state index in [1.165, 1.54) is 10.8 Å². The van der Waals surface area contributed by atoms with E-state index in [-0.39, 0.29) is 0 Å². The van der Waals surface area contributed by atoms with E-state index < -0.39 is 5.97 Å². The monoisotopic (exact) mass is 264 g/mol. The second kappa shape index (κ2) is 3.93. The zero-order valence-corrected chi connectivity index (χ0v) is 9.00. The summed E-state index contributed by atoms with van der Waals surface area (Å²) in [4.78, 5) is 10.2. The molecule has 0 saturated heterocycles. The SMILES string of the molecule is Cn1nc(/C=C/C(=O)O)c(Br)c1Cl. The minimum atomic E-state index is -1.02. The molecular formula is C7H6BrClN2O2. The molecule has 0 aliphatic rings. The van der Waals surface area contributed by atoms with Crippen molar-refractivity contribution in [2.75, 3.05) is 0 Å². The number of halogens is 2. The van der Waals surface area contributed by atoms with E-state index in [1.54, 1.807) is 7.05 Å². The van der Waals surface area contributed by atoms with Crippen LogP contribution in [-0.2, 0) is 11.8 Å². The molecule has 0 atom stereocenters. The van der Waals surface area contributed by atoms with E-state index >= 15 is 0 Å². The molecule has 0 amide bonds. The van der Waals surface area contributed by atoms with Gasteiger partial charge >= 0.3 is 5.97 Å². The van der Waals surface area contributed by atoms with Gasteiger partial charge in [-0.25, -0.2) is 4.79 Å². The molecule has 0 aliphatic heterocycles. The lowest BCUT2D eigenvalue weighted by atomic mass is 10.4. The number of hydrogen-bond donors (Lipinski definition) is 1. The predicted molar refractivity (Wildman–Crippen MR) is 52.6 cm³/mol. The van der Waals surface area contributed by atoms with E-state index in [0.717, 1.165) is 6.08 Å². The molecule has 0 radical (unpaired) electrons. The fourth-order valence-corrected chi connectivity index (χ4v) is 1.36. The first-order valence-corrected chi connectivity index (χ1v) is 4.48. The van der Waals surface area contributed by atoms with Crippen molar-refractivity contribution in [2.24, 2.45) is 7.05 Å². The Morgan fingerprint density at radius 2 is 2.38 bits per heavy atom. The molecular weight excluding hydrogens is 259 g/mol. The fraction of sp³-hybridized carbons (Fsp3) is 0.143. The van der Waals surface area contributed by atoms with Gasteiger partial charge in [0.15, 0.2) is 0 Å². The Balaban J connectivity index is 3.03. The largest absolute Gasteiger partial charge is 0.478 e. The van der Waals surface area contributed by atoms with E-state index in [4.69, 9.17) is 16.7 Å². The third-order valence-electron chi connectivity index (χ3n) is 1.33. The van der Waals surface area contributed by atoms with Crippen molar-refractivity contribution < 1.29 is 9.90 Å². The second-order valence-corrected chi connectivity index (χ2v) is 3.44. The summed E-state index contributed by atoms with van der Waals surface area (Å²) in [5, 5.41) is 12.8. The van der Waals surface area contributed by atoms with Gasteiger partial charge in [-0.2, -0.15) is 5.10 Å². The van der Waals surface area contributed by atoms with Gasteiger partial charge in [0.1, 0.15) is 10.8 Å². The molecule has 1 aromatic heterocycles. The molecule has 0 fully saturated rings. The van der Waals surface area contributed by atoms with Gasteiger partial charge in [-0.15, -0.1) is 0 Å². The minimum Gasteiger partial charge on any atom is -0.478 e. The average molecular weight is 265 g/mol. The predicted octanol–water partition coefficient (Wildman–Crippen LogP) is 1.93. The highest BCUT2D eigenvalue weighted by Gasteiger charge is 2.08. The minimum absolute atomic E-state index is 0.435. The van der Waals surface area contributed by atoms with Crippen LogP contribution in [0.15, 0.2) is 10.5 Å². The third-order valence-corrected chi connectivity index (χ3v) is 2.78. The highest BCUT2D eigenvalue weighted by Crippen LogP contribution is 2.26. The fourth-order valence-electron chi connectivity index (χ4n) is 0.754. The molecule has 1 heterocycles. The van der Waals surface area contributed by atoms with Crippen LogP contribution in [0.2, 0.25) is 5.15 Å². The summed E-state index contributed by atoms with van der Waals surface area (Å²) in [5.74, 6) is -1.02. The molecule has 1 rings (SSSR count). The normalized spacial score (nSPS) is 11.0. The van der Waals surface area contributed by atoms with Gasteiger partial charge in [0.2, 0.25) is 0 Å². The summed E-state index contributed by atoms with van der Waals surface area (Å²) >= 11 is 8.98. The Labute approximate surface area is 87.9 Å². The molecule has 6 heteroatoms. The Bertz CT molecular complexity index is 373. The van der Waals surface area contributed by atoms with Crippen LogP contribution in [0.4, 0.5) is 0 Å². The van der Waals surface area contributed by atoms with Gasteiger partial charge < -0.3 is 5.11 Å². The zero-order chi connectivity index (χ0) is 10.0. The lowest BCUT2D eigenvalue weighted by Gasteiger charge is -1.86. The van der Waals surface area contributed by atoms with E-state index in [2.05, 4.69) is 21.0 Å². The zero-order valence-electron chi connectivity index (χ0n) is 6.66. The van der Waals surface area contributed by atoms with Crippen molar-refractivity contribution in [2.45, 2.75) is 0 Å². The molecule has 70 valence electrons. The number of aliphatic carboxylic acids is 1. The molecule has 0 aliphatic carbocycles. The third kappa shape index (κ3) is 2.32. The maximum Gasteiger partial charge on any atom is 0.328 e. The van der Waals surface area contributed by atoms with Gasteiger partial charge in [-0.1, -0.05) is 11.6 Å². The molecule has 0 spiro atoms. The first-order chi connectivity index (χ1) is 6.02. The van der Waals surface area contributed by atoms with Crippen LogP contribution >= 0.6 is 27.5 Å². The van der Waals surface area contributed by atoms with Gasteiger partial charge in [0.05, 0.1) is 4.47 Å². The van der Waals surface area contributed by atoms with Crippen LogP contribution in [0.5, 0.6) is 0 Å². The van der Waals surface area contributed by atoms with Crippen molar-refractivity contribution in [1.29, 1.82) is 0 Å². The number of carboxylic acid groups (broad SMARTS) is 1. The maximum absolute atomic E-state index is 10.2.